The van der Waals surface area contributed by atoms with Crippen LogP contribution in [0.2, 0.25) is 0 Å². The number of hydrogen-bond acceptors (Lipinski definition) is 3. The van der Waals surface area contributed by atoms with E-state index in [2.05, 4.69) is 5.32 Å². The summed E-state index contributed by atoms with van der Waals surface area (Å²) in [6.07, 6.45) is 1.47. The van der Waals surface area contributed by atoms with E-state index in [0.717, 1.165) is 0 Å². The van der Waals surface area contributed by atoms with Gasteiger partial charge in [0.05, 0.1) is 18.8 Å². The van der Waals surface area contributed by atoms with Gasteiger partial charge in [-0.3, -0.25) is 4.79 Å². The van der Waals surface area contributed by atoms with Crippen LogP contribution in [0.3, 0.4) is 0 Å². The summed E-state index contributed by atoms with van der Waals surface area (Å²) in [7, 11) is 0. The Morgan fingerprint density at radius 2 is 2.20 bits per heavy atom. The molecule has 2 aromatic rings. The molecule has 0 saturated carbocycles. The van der Waals surface area contributed by atoms with Crippen LogP contribution in [0.25, 0.3) is 0 Å². The van der Waals surface area contributed by atoms with Crippen molar-refractivity contribution in [2.24, 2.45) is 0 Å². The molecular formula is C15H16FNO3. The molecule has 0 fully saturated rings. The first-order chi connectivity index (χ1) is 9.61. The van der Waals surface area contributed by atoms with Crippen LogP contribution >= 0.6 is 0 Å². The Morgan fingerprint density at radius 3 is 2.80 bits per heavy atom. The molecule has 20 heavy (non-hydrogen) atoms. The number of furan rings is 1. The monoisotopic (exact) mass is 277 g/mol. The maximum Gasteiger partial charge on any atom is 0.227 e. The number of benzene rings is 1. The minimum Gasteiger partial charge on any atom is -0.467 e. The fourth-order valence-corrected chi connectivity index (χ4v) is 1.92. The second-order valence-corrected chi connectivity index (χ2v) is 4.54. The van der Waals surface area contributed by atoms with Crippen molar-refractivity contribution in [3.63, 3.8) is 0 Å². The van der Waals surface area contributed by atoms with Crippen LogP contribution in [0.15, 0.2) is 47.1 Å². The summed E-state index contributed by atoms with van der Waals surface area (Å²) < 4.78 is 18.3. The minimum absolute atomic E-state index is 0.269. The lowest BCUT2D eigenvalue weighted by molar-refractivity contribution is -0.123. The van der Waals surface area contributed by atoms with E-state index in [1.165, 1.54) is 18.4 Å². The number of aliphatic hydroxyl groups is 1. The van der Waals surface area contributed by atoms with E-state index in [-0.39, 0.29) is 18.3 Å². The zero-order valence-corrected chi connectivity index (χ0v) is 11.0. The van der Waals surface area contributed by atoms with Gasteiger partial charge in [0.15, 0.2) is 0 Å². The van der Waals surface area contributed by atoms with Crippen molar-refractivity contribution in [3.05, 3.63) is 59.8 Å². The molecule has 1 aromatic carbocycles. The Morgan fingerprint density at radius 1 is 1.40 bits per heavy atom. The maximum absolute atomic E-state index is 13.2. The lowest BCUT2D eigenvalue weighted by atomic mass is 10.00. The number of aliphatic hydroxyl groups excluding tert-OH is 1. The second-order valence-electron chi connectivity index (χ2n) is 4.54. The molecule has 0 saturated heterocycles. The molecule has 0 aliphatic rings. The summed E-state index contributed by atoms with van der Waals surface area (Å²) in [6, 6.07) is 8.65. The molecule has 2 rings (SSSR count). The lowest BCUT2D eigenvalue weighted by Gasteiger charge is -2.18. The van der Waals surface area contributed by atoms with Crippen LogP contribution in [0.4, 0.5) is 4.39 Å². The molecule has 0 spiro atoms. The Hall–Kier alpha value is -2.14. The molecule has 0 aliphatic carbocycles. The zero-order valence-electron chi connectivity index (χ0n) is 11.0. The van der Waals surface area contributed by atoms with Gasteiger partial charge in [-0.05, 0) is 36.8 Å². The number of rotatable bonds is 5. The Balaban J connectivity index is 2.07. The average Bonchev–Trinajstić information content (AvgIpc) is 2.97. The number of halogens is 1. The Kier molecular flexibility index (Phi) is 4.53. The third-order valence-corrected chi connectivity index (χ3v) is 3.13. The molecular weight excluding hydrogens is 261 g/mol. The number of hydrogen-bond donors (Lipinski definition) is 2. The number of carbonyl (C=O) groups excluding carboxylic acids is 1. The van der Waals surface area contributed by atoms with Crippen molar-refractivity contribution in [3.8, 4) is 0 Å². The third-order valence-electron chi connectivity index (χ3n) is 3.13. The smallest absolute Gasteiger partial charge is 0.227 e. The second kappa shape index (κ2) is 6.34. The van der Waals surface area contributed by atoms with E-state index in [9.17, 15) is 14.3 Å². The van der Waals surface area contributed by atoms with Crippen LogP contribution in [-0.2, 0) is 4.79 Å². The molecule has 5 heteroatoms. The van der Waals surface area contributed by atoms with E-state index < -0.39 is 12.0 Å². The van der Waals surface area contributed by atoms with E-state index >= 15 is 0 Å². The minimum atomic E-state index is -0.603. The van der Waals surface area contributed by atoms with Crippen LogP contribution in [0.1, 0.15) is 30.2 Å². The molecule has 0 bridgehead atoms. The molecule has 0 aliphatic heterocycles. The summed E-state index contributed by atoms with van der Waals surface area (Å²) in [5.41, 5.74) is 0.582. The quantitative estimate of drug-likeness (QED) is 0.882. The van der Waals surface area contributed by atoms with Crippen molar-refractivity contribution in [1.82, 2.24) is 5.32 Å². The fourth-order valence-electron chi connectivity index (χ4n) is 1.92. The first-order valence-electron chi connectivity index (χ1n) is 6.32. The Labute approximate surface area is 116 Å². The molecule has 1 amide bonds. The van der Waals surface area contributed by atoms with E-state index in [1.54, 1.807) is 31.2 Å². The third kappa shape index (κ3) is 3.24. The molecule has 1 heterocycles. The molecule has 106 valence electrons. The summed E-state index contributed by atoms with van der Waals surface area (Å²) in [5.74, 6) is -0.722. The number of carbonyl (C=O) groups is 1. The highest BCUT2D eigenvalue weighted by Crippen LogP contribution is 2.19. The topological polar surface area (TPSA) is 62.5 Å². The van der Waals surface area contributed by atoms with Crippen LogP contribution < -0.4 is 5.32 Å². The predicted molar refractivity (Wildman–Crippen MR) is 71.5 cm³/mol. The average molecular weight is 277 g/mol. The normalized spacial score (nSPS) is 13.8. The van der Waals surface area contributed by atoms with E-state index in [0.29, 0.717) is 11.3 Å². The van der Waals surface area contributed by atoms with Gasteiger partial charge in [-0.25, -0.2) is 4.39 Å². The van der Waals surface area contributed by atoms with Crippen LogP contribution in [-0.4, -0.2) is 17.6 Å². The van der Waals surface area contributed by atoms with Gasteiger partial charge in [-0.15, -0.1) is 0 Å². The highest BCUT2D eigenvalue weighted by atomic mass is 19.1. The van der Waals surface area contributed by atoms with Crippen molar-refractivity contribution in [2.45, 2.75) is 18.9 Å². The van der Waals surface area contributed by atoms with Crippen molar-refractivity contribution in [2.75, 3.05) is 6.61 Å². The highest BCUT2D eigenvalue weighted by Gasteiger charge is 2.21. The van der Waals surface area contributed by atoms with Gasteiger partial charge in [0.1, 0.15) is 17.6 Å². The molecule has 2 N–H and O–H groups in total. The van der Waals surface area contributed by atoms with Gasteiger partial charge in [0, 0.05) is 0 Å². The van der Waals surface area contributed by atoms with Gasteiger partial charge < -0.3 is 14.8 Å². The highest BCUT2D eigenvalue weighted by molar-refractivity contribution is 5.83. The Bertz CT molecular complexity index is 568. The summed E-state index contributed by atoms with van der Waals surface area (Å²) >= 11 is 0. The maximum atomic E-state index is 13.2. The number of amides is 1. The van der Waals surface area contributed by atoms with Gasteiger partial charge in [0.25, 0.3) is 0 Å². The van der Waals surface area contributed by atoms with Gasteiger partial charge in [-0.1, -0.05) is 12.1 Å². The fraction of sp³-hybridized carbons (Fsp3) is 0.267. The SMILES string of the molecule is CC(C(=O)NC(CO)c1ccco1)c1cccc(F)c1. The molecule has 4 nitrogen and oxygen atoms in total. The molecule has 2 unspecified atom stereocenters. The van der Waals surface area contributed by atoms with E-state index in [1.807, 2.05) is 0 Å². The first kappa shape index (κ1) is 14.3. The summed E-state index contributed by atoms with van der Waals surface area (Å²) in [5, 5.41) is 12.0. The number of nitrogens with one attached hydrogen (secondary N) is 1. The lowest BCUT2D eigenvalue weighted by Crippen LogP contribution is -2.33. The van der Waals surface area contributed by atoms with E-state index in [4.69, 9.17) is 4.42 Å². The largest absolute Gasteiger partial charge is 0.467 e. The zero-order chi connectivity index (χ0) is 14.5. The van der Waals surface area contributed by atoms with Gasteiger partial charge in [0.2, 0.25) is 5.91 Å². The van der Waals surface area contributed by atoms with Crippen molar-refractivity contribution >= 4 is 5.91 Å². The first-order valence-corrected chi connectivity index (χ1v) is 6.32. The standard InChI is InChI=1S/C15H16FNO3/c1-10(11-4-2-5-12(16)8-11)15(19)17-13(9-18)14-6-3-7-20-14/h2-8,10,13,18H,9H2,1H3,(H,17,19). The predicted octanol–water partition coefficient (Wildman–Crippen LogP) is 2.37. The summed E-state index contributed by atoms with van der Waals surface area (Å²) in [4.78, 5) is 12.1. The van der Waals surface area contributed by atoms with Crippen LogP contribution in [0.5, 0.6) is 0 Å². The van der Waals surface area contributed by atoms with Crippen LogP contribution in [0, 0.1) is 5.82 Å². The molecule has 2 atom stereocenters. The van der Waals surface area contributed by atoms with Crippen molar-refractivity contribution in [1.29, 1.82) is 0 Å². The molecule has 1 aromatic heterocycles. The summed E-state index contributed by atoms with van der Waals surface area (Å²) in [6.45, 7) is 1.41. The van der Waals surface area contributed by atoms with Gasteiger partial charge in [-0.2, -0.15) is 0 Å². The van der Waals surface area contributed by atoms with Gasteiger partial charge >= 0.3 is 0 Å². The molecule has 0 radical (unpaired) electrons. The van der Waals surface area contributed by atoms with Crippen molar-refractivity contribution < 1.29 is 18.7 Å².